The van der Waals surface area contributed by atoms with Gasteiger partial charge in [-0.1, -0.05) is 19.4 Å². The number of rotatable bonds is 1. The first kappa shape index (κ1) is 13.5. The van der Waals surface area contributed by atoms with Gasteiger partial charge in [-0.25, -0.2) is 0 Å². The van der Waals surface area contributed by atoms with Gasteiger partial charge in [0.15, 0.2) is 0 Å². The predicted octanol–water partition coefficient (Wildman–Crippen LogP) is 3.49. The van der Waals surface area contributed by atoms with Crippen molar-refractivity contribution in [3.05, 3.63) is 29.3 Å². The van der Waals surface area contributed by atoms with Gasteiger partial charge in [-0.15, -0.1) is 0 Å². The smallest absolute Gasteiger partial charge is 0.309 e. The third kappa shape index (κ3) is 1.68. The van der Waals surface area contributed by atoms with Crippen LogP contribution >= 0.6 is 0 Å². The molecule has 2 aliphatic carbocycles. The van der Waals surface area contributed by atoms with Crippen LogP contribution in [0.15, 0.2) is 18.2 Å². The molecule has 1 aromatic rings. The van der Waals surface area contributed by atoms with Gasteiger partial charge in [0.25, 0.3) is 0 Å². The molecule has 20 heavy (non-hydrogen) atoms. The van der Waals surface area contributed by atoms with Gasteiger partial charge in [-0.05, 0) is 67.2 Å². The highest BCUT2D eigenvalue weighted by molar-refractivity contribution is 5.75. The molecule has 3 atom stereocenters. The van der Waals surface area contributed by atoms with E-state index in [9.17, 15) is 15.0 Å². The number of aryl methyl sites for hydroxylation is 1. The lowest BCUT2D eigenvalue weighted by Crippen LogP contribution is -2.52. The third-order valence-electron chi connectivity index (χ3n) is 5.83. The van der Waals surface area contributed by atoms with Crippen LogP contribution in [0.4, 0.5) is 0 Å². The molecule has 3 nitrogen and oxygen atoms in total. The standard InChI is InChI=1S/C17H22O3/c1-16-8-3-9-17(2,15(19)20)14(16)7-5-11-4-6-12(18)10-13(11)16/h4,6,10,14,18H,3,5,7-9H2,1-2H3,(H,19,20)/t14-,16-,17+/m0/s1. The van der Waals surface area contributed by atoms with E-state index in [-0.39, 0.29) is 17.1 Å². The van der Waals surface area contributed by atoms with Gasteiger partial charge >= 0.3 is 5.97 Å². The molecule has 0 radical (unpaired) electrons. The summed E-state index contributed by atoms with van der Waals surface area (Å²) in [6, 6.07) is 5.59. The summed E-state index contributed by atoms with van der Waals surface area (Å²) in [6.07, 6.45) is 4.55. The van der Waals surface area contributed by atoms with E-state index in [0.717, 1.165) is 32.1 Å². The van der Waals surface area contributed by atoms with E-state index in [2.05, 4.69) is 6.92 Å². The van der Waals surface area contributed by atoms with Crippen molar-refractivity contribution in [2.24, 2.45) is 11.3 Å². The Bertz CT molecular complexity index is 565. The molecule has 0 saturated heterocycles. The highest BCUT2D eigenvalue weighted by atomic mass is 16.4. The first-order valence-electron chi connectivity index (χ1n) is 7.44. The zero-order valence-electron chi connectivity index (χ0n) is 12.1. The summed E-state index contributed by atoms with van der Waals surface area (Å²) in [5, 5.41) is 19.5. The zero-order chi connectivity index (χ0) is 14.5. The van der Waals surface area contributed by atoms with Gasteiger partial charge in [-0.3, -0.25) is 4.79 Å². The summed E-state index contributed by atoms with van der Waals surface area (Å²) in [4.78, 5) is 11.8. The second-order valence-corrected chi connectivity index (χ2v) is 6.93. The molecule has 2 aliphatic rings. The molecule has 0 amide bonds. The van der Waals surface area contributed by atoms with Crippen molar-refractivity contribution in [1.82, 2.24) is 0 Å². The molecule has 1 fully saturated rings. The number of phenols is 1. The van der Waals surface area contributed by atoms with Crippen molar-refractivity contribution >= 4 is 5.97 Å². The lowest BCUT2D eigenvalue weighted by Gasteiger charge is -2.53. The van der Waals surface area contributed by atoms with Crippen LogP contribution in [0.25, 0.3) is 0 Å². The number of carboxylic acids is 1. The molecule has 2 N–H and O–H groups in total. The molecule has 108 valence electrons. The molecule has 3 rings (SSSR count). The Labute approximate surface area is 119 Å². The minimum absolute atomic E-state index is 0.127. The number of phenolic OH excluding ortho intramolecular Hbond substituents is 1. The van der Waals surface area contributed by atoms with Gasteiger partial charge in [0.1, 0.15) is 5.75 Å². The van der Waals surface area contributed by atoms with Crippen LogP contribution in [-0.2, 0) is 16.6 Å². The van der Waals surface area contributed by atoms with E-state index < -0.39 is 11.4 Å². The molecular formula is C17H22O3. The van der Waals surface area contributed by atoms with Gasteiger partial charge < -0.3 is 10.2 Å². The average Bonchev–Trinajstić information content (AvgIpc) is 2.39. The number of aromatic hydroxyl groups is 1. The Morgan fingerprint density at radius 1 is 1.30 bits per heavy atom. The van der Waals surface area contributed by atoms with E-state index in [1.54, 1.807) is 6.07 Å². The molecule has 0 unspecified atom stereocenters. The molecule has 0 aromatic heterocycles. The minimum atomic E-state index is -0.669. The minimum Gasteiger partial charge on any atom is -0.508 e. The molecule has 1 aromatic carbocycles. The summed E-state index contributed by atoms with van der Waals surface area (Å²) in [5.74, 6) is -0.235. The average molecular weight is 274 g/mol. The Kier molecular flexibility index (Phi) is 2.86. The number of hydrogen-bond acceptors (Lipinski definition) is 2. The molecule has 0 spiro atoms. The van der Waals surface area contributed by atoms with Crippen molar-refractivity contribution in [2.75, 3.05) is 0 Å². The second-order valence-electron chi connectivity index (χ2n) is 6.93. The molecule has 3 heteroatoms. The maximum absolute atomic E-state index is 11.8. The fourth-order valence-electron chi connectivity index (χ4n) is 4.70. The maximum atomic E-state index is 11.8. The van der Waals surface area contributed by atoms with E-state index in [0.29, 0.717) is 0 Å². The highest BCUT2D eigenvalue weighted by Crippen LogP contribution is 2.57. The fourth-order valence-corrected chi connectivity index (χ4v) is 4.70. The number of carboxylic acid groups (broad SMARTS) is 1. The summed E-state index contributed by atoms with van der Waals surface area (Å²) in [5.41, 5.74) is 1.67. The first-order valence-corrected chi connectivity index (χ1v) is 7.44. The normalized spacial score (nSPS) is 36.0. The van der Waals surface area contributed by atoms with Gasteiger partial charge in [0, 0.05) is 0 Å². The fraction of sp³-hybridized carbons (Fsp3) is 0.588. The monoisotopic (exact) mass is 274 g/mol. The van der Waals surface area contributed by atoms with Crippen molar-refractivity contribution < 1.29 is 15.0 Å². The quantitative estimate of drug-likeness (QED) is 0.824. The van der Waals surface area contributed by atoms with Crippen LogP contribution < -0.4 is 0 Å². The van der Waals surface area contributed by atoms with Gasteiger partial charge in [0.05, 0.1) is 5.41 Å². The Hall–Kier alpha value is -1.51. The van der Waals surface area contributed by atoms with Gasteiger partial charge in [0.2, 0.25) is 0 Å². The van der Waals surface area contributed by atoms with Crippen LogP contribution in [0.2, 0.25) is 0 Å². The number of aliphatic carboxylic acids is 1. The van der Waals surface area contributed by atoms with E-state index in [4.69, 9.17) is 0 Å². The van der Waals surface area contributed by atoms with Crippen molar-refractivity contribution in [3.8, 4) is 5.75 Å². The lowest BCUT2D eigenvalue weighted by atomic mass is 9.50. The summed E-state index contributed by atoms with van der Waals surface area (Å²) in [6.45, 7) is 4.10. The van der Waals surface area contributed by atoms with E-state index >= 15 is 0 Å². The molecule has 1 saturated carbocycles. The Morgan fingerprint density at radius 3 is 2.75 bits per heavy atom. The largest absolute Gasteiger partial charge is 0.508 e. The number of benzene rings is 1. The van der Waals surface area contributed by atoms with Crippen LogP contribution in [0, 0.1) is 11.3 Å². The number of fused-ring (bicyclic) bond motifs is 3. The molecule has 0 aliphatic heterocycles. The van der Waals surface area contributed by atoms with Gasteiger partial charge in [-0.2, -0.15) is 0 Å². The highest BCUT2D eigenvalue weighted by Gasteiger charge is 2.55. The van der Waals surface area contributed by atoms with E-state index in [1.165, 1.54) is 11.1 Å². The zero-order valence-corrected chi connectivity index (χ0v) is 12.1. The second kappa shape index (κ2) is 4.24. The molecular weight excluding hydrogens is 252 g/mol. The van der Waals surface area contributed by atoms with Crippen molar-refractivity contribution in [1.29, 1.82) is 0 Å². The third-order valence-corrected chi connectivity index (χ3v) is 5.83. The summed E-state index contributed by atoms with van der Waals surface area (Å²) in [7, 11) is 0. The lowest BCUT2D eigenvalue weighted by molar-refractivity contribution is -0.157. The van der Waals surface area contributed by atoms with Crippen LogP contribution in [0.1, 0.15) is 50.7 Å². The number of hydrogen-bond donors (Lipinski definition) is 2. The molecule has 0 bridgehead atoms. The SMILES string of the molecule is C[C@@]1(C(=O)O)CCC[C@@]2(C)c3cc(O)ccc3CC[C@H]12. The van der Waals surface area contributed by atoms with Crippen molar-refractivity contribution in [2.45, 2.75) is 51.4 Å². The summed E-state index contributed by atoms with van der Waals surface area (Å²) >= 11 is 0. The topological polar surface area (TPSA) is 57.5 Å². The van der Waals surface area contributed by atoms with Crippen LogP contribution in [-0.4, -0.2) is 16.2 Å². The Balaban J connectivity index is 2.13. The maximum Gasteiger partial charge on any atom is 0.309 e. The Morgan fingerprint density at radius 2 is 2.05 bits per heavy atom. The number of carbonyl (C=O) groups is 1. The molecule has 0 heterocycles. The van der Waals surface area contributed by atoms with E-state index in [1.807, 2.05) is 19.1 Å². The van der Waals surface area contributed by atoms with Crippen LogP contribution in [0.3, 0.4) is 0 Å². The van der Waals surface area contributed by atoms with Crippen molar-refractivity contribution in [3.63, 3.8) is 0 Å². The summed E-state index contributed by atoms with van der Waals surface area (Å²) < 4.78 is 0. The first-order chi connectivity index (χ1) is 9.38. The predicted molar refractivity (Wildman–Crippen MR) is 76.9 cm³/mol. The van der Waals surface area contributed by atoms with Crippen LogP contribution in [0.5, 0.6) is 5.75 Å².